The summed E-state index contributed by atoms with van der Waals surface area (Å²) < 4.78 is 2.10. The van der Waals surface area contributed by atoms with Crippen LogP contribution in [-0.2, 0) is 13.0 Å². The van der Waals surface area contributed by atoms with Gasteiger partial charge in [-0.3, -0.25) is 4.40 Å². The van der Waals surface area contributed by atoms with E-state index in [-0.39, 0.29) is 0 Å². The summed E-state index contributed by atoms with van der Waals surface area (Å²) in [6.07, 6.45) is 0.826. The molecule has 0 saturated heterocycles. The number of nitrogens with one attached hydrogen (secondary N) is 1. The normalized spacial score (nSPS) is 11.2. The maximum Gasteiger partial charge on any atom is 0.204 e. The van der Waals surface area contributed by atoms with Gasteiger partial charge in [-0.25, -0.2) is 4.98 Å². The molecule has 120 valence electrons. The molecule has 0 spiro atoms. The average molecular weight is 317 g/mol. The molecule has 0 bridgehead atoms. The summed E-state index contributed by atoms with van der Waals surface area (Å²) in [6, 6.07) is 16.6. The van der Waals surface area contributed by atoms with Crippen LogP contribution in [0, 0.1) is 6.92 Å². The van der Waals surface area contributed by atoms with Gasteiger partial charge in [0.25, 0.3) is 0 Å². The van der Waals surface area contributed by atoms with Crippen molar-refractivity contribution in [2.24, 2.45) is 0 Å². The van der Waals surface area contributed by atoms with E-state index in [1.165, 1.54) is 11.1 Å². The molecule has 2 aromatic heterocycles. The van der Waals surface area contributed by atoms with Crippen molar-refractivity contribution in [1.82, 2.24) is 19.6 Å². The summed E-state index contributed by atoms with van der Waals surface area (Å²) in [5.41, 5.74) is 5.22. The van der Waals surface area contributed by atoms with Gasteiger partial charge in [0.1, 0.15) is 5.82 Å². The van der Waals surface area contributed by atoms with E-state index < -0.39 is 0 Å². The third-order valence-electron chi connectivity index (χ3n) is 4.19. The molecule has 0 radical (unpaired) electrons. The molecule has 0 atom stereocenters. The topological polar surface area (TPSA) is 55.1 Å². The number of anilines is 1. The zero-order chi connectivity index (χ0) is 16.5. The Balaban J connectivity index is 1.79. The van der Waals surface area contributed by atoms with Crippen molar-refractivity contribution in [3.05, 3.63) is 65.5 Å². The highest BCUT2D eigenvalue weighted by Gasteiger charge is 2.13. The highest BCUT2D eigenvalue weighted by atomic mass is 15.3. The fourth-order valence-electron chi connectivity index (χ4n) is 2.88. The molecule has 0 unspecified atom stereocenters. The molecule has 4 aromatic rings. The summed E-state index contributed by atoms with van der Waals surface area (Å²) in [5, 5.41) is 12.1. The molecule has 2 heterocycles. The molecular weight excluding hydrogens is 298 g/mol. The Hall–Kier alpha value is -2.95. The molecule has 0 aliphatic carbocycles. The first-order chi connectivity index (χ1) is 11.8. The van der Waals surface area contributed by atoms with E-state index in [9.17, 15) is 0 Å². The summed E-state index contributed by atoms with van der Waals surface area (Å²) in [4.78, 5) is 4.75. The third kappa shape index (κ3) is 2.48. The Morgan fingerprint density at radius 1 is 1.00 bits per heavy atom. The van der Waals surface area contributed by atoms with Gasteiger partial charge in [-0.1, -0.05) is 48.9 Å². The Morgan fingerprint density at radius 3 is 2.58 bits per heavy atom. The summed E-state index contributed by atoms with van der Waals surface area (Å²) >= 11 is 0. The summed E-state index contributed by atoms with van der Waals surface area (Å²) in [6.45, 7) is 4.88. The minimum Gasteiger partial charge on any atom is -0.363 e. The van der Waals surface area contributed by atoms with Crippen molar-refractivity contribution in [3.63, 3.8) is 0 Å². The largest absolute Gasteiger partial charge is 0.363 e. The average Bonchev–Trinajstić information content (AvgIpc) is 3.05. The van der Waals surface area contributed by atoms with Gasteiger partial charge in [-0.15, -0.1) is 10.2 Å². The van der Waals surface area contributed by atoms with Crippen LogP contribution >= 0.6 is 0 Å². The van der Waals surface area contributed by atoms with Gasteiger partial charge < -0.3 is 5.32 Å². The number of fused-ring (bicyclic) bond motifs is 3. The predicted octanol–water partition coefficient (Wildman–Crippen LogP) is 3.76. The monoisotopic (exact) mass is 317 g/mol. The molecule has 0 fully saturated rings. The fraction of sp³-hybridized carbons (Fsp3) is 0.211. The molecular formula is C19H19N5. The van der Waals surface area contributed by atoms with Gasteiger partial charge in [0.05, 0.1) is 11.0 Å². The first kappa shape index (κ1) is 14.6. The second-order valence-electron chi connectivity index (χ2n) is 5.92. The van der Waals surface area contributed by atoms with Gasteiger partial charge in [0.15, 0.2) is 5.82 Å². The first-order valence-corrected chi connectivity index (χ1v) is 8.18. The molecule has 5 heteroatoms. The van der Waals surface area contributed by atoms with Gasteiger partial charge >= 0.3 is 0 Å². The molecule has 0 aliphatic rings. The maximum atomic E-state index is 4.75. The number of benzene rings is 2. The van der Waals surface area contributed by atoms with Gasteiger partial charge in [0, 0.05) is 13.0 Å². The lowest BCUT2D eigenvalue weighted by molar-refractivity contribution is 0.921. The zero-order valence-electron chi connectivity index (χ0n) is 13.8. The van der Waals surface area contributed by atoms with Crippen LogP contribution in [0.1, 0.15) is 23.9 Å². The first-order valence-electron chi connectivity index (χ1n) is 8.18. The van der Waals surface area contributed by atoms with Crippen molar-refractivity contribution in [1.29, 1.82) is 0 Å². The van der Waals surface area contributed by atoms with E-state index in [0.717, 1.165) is 34.7 Å². The van der Waals surface area contributed by atoms with Gasteiger partial charge in [-0.05, 0) is 24.6 Å². The quantitative estimate of drug-likeness (QED) is 0.622. The van der Waals surface area contributed by atoms with Gasteiger partial charge in [0.2, 0.25) is 5.65 Å². The van der Waals surface area contributed by atoms with Crippen LogP contribution in [0.4, 0.5) is 5.82 Å². The smallest absolute Gasteiger partial charge is 0.204 e. The fourth-order valence-corrected chi connectivity index (χ4v) is 2.88. The van der Waals surface area contributed by atoms with Crippen molar-refractivity contribution >= 4 is 22.5 Å². The Morgan fingerprint density at radius 2 is 1.79 bits per heavy atom. The Kier molecular flexibility index (Phi) is 3.61. The van der Waals surface area contributed by atoms with Crippen LogP contribution in [0.3, 0.4) is 0 Å². The van der Waals surface area contributed by atoms with E-state index in [1.807, 2.05) is 18.2 Å². The Labute approximate surface area is 140 Å². The number of para-hydroxylation sites is 2. The molecule has 24 heavy (non-hydrogen) atoms. The van der Waals surface area contributed by atoms with Crippen molar-refractivity contribution in [3.8, 4) is 0 Å². The number of nitrogens with zero attached hydrogens (tertiary/aromatic N) is 4. The lowest BCUT2D eigenvalue weighted by Gasteiger charge is -2.10. The van der Waals surface area contributed by atoms with Crippen LogP contribution < -0.4 is 5.32 Å². The van der Waals surface area contributed by atoms with Crippen molar-refractivity contribution in [2.45, 2.75) is 26.8 Å². The van der Waals surface area contributed by atoms with Gasteiger partial charge in [-0.2, -0.15) is 0 Å². The van der Waals surface area contributed by atoms with Crippen LogP contribution in [0.15, 0.2) is 48.5 Å². The highest BCUT2D eigenvalue weighted by molar-refractivity contribution is 5.82. The highest BCUT2D eigenvalue weighted by Crippen LogP contribution is 2.22. The van der Waals surface area contributed by atoms with Crippen molar-refractivity contribution < 1.29 is 0 Å². The zero-order valence-corrected chi connectivity index (χ0v) is 13.8. The van der Waals surface area contributed by atoms with E-state index in [2.05, 4.69) is 64.1 Å². The lowest BCUT2D eigenvalue weighted by Crippen LogP contribution is -2.05. The van der Waals surface area contributed by atoms with E-state index in [1.54, 1.807) is 0 Å². The number of aromatic nitrogens is 4. The third-order valence-corrected chi connectivity index (χ3v) is 4.19. The second-order valence-corrected chi connectivity index (χ2v) is 5.92. The molecule has 0 amide bonds. The molecule has 0 saturated carbocycles. The maximum absolute atomic E-state index is 4.75. The van der Waals surface area contributed by atoms with E-state index in [4.69, 9.17) is 4.98 Å². The molecule has 1 N–H and O–H groups in total. The number of aryl methyl sites for hydroxylation is 2. The van der Waals surface area contributed by atoms with E-state index >= 15 is 0 Å². The molecule has 5 nitrogen and oxygen atoms in total. The predicted molar refractivity (Wildman–Crippen MR) is 96.2 cm³/mol. The molecule has 4 rings (SSSR count). The minimum atomic E-state index is 0.704. The van der Waals surface area contributed by atoms with E-state index in [0.29, 0.717) is 6.54 Å². The minimum absolute atomic E-state index is 0.704. The standard InChI is InChI=1S/C19H19N5/c1-3-17-22-23-19-18(20-12-14-10-8-13(2)9-11-14)21-15-6-4-5-7-16(15)24(17)19/h4-11H,3,12H2,1-2H3,(H,20,21). The SMILES string of the molecule is CCc1nnc2c(NCc3ccc(C)cc3)nc3ccccc3n12. The summed E-state index contributed by atoms with van der Waals surface area (Å²) in [5.74, 6) is 1.71. The Bertz CT molecular complexity index is 1000. The molecule has 0 aliphatic heterocycles. The van der Waals surface area contributed by atoms with Crippen LogP contribution in [0.5, 0.6) is 0 Å². The van der Waals surface area contributed by atoms with Crippen molar-refractivity contribution in [2.75, 3.05) is 5.32 Å². The van der Waals surface area contributed by atoms with Crippen LogP contribution in [0.25, 0.3) is 16.7 Å². The van der Waals surface area contributed by atoms with Crippen LogP contribution in [0.2, 0.25) is 0 Å². The number of hydrogen-bond acceptors (Lipinski definition) is 4. The number of hydrogen-bond donors (Lipinski definition) is 1. The molecule has 2 aromatic carbocycles. The van der Waals surface area contributed by atoms with Crippen LogP contribution in [-0.4, -0.2) is 19.6 Å². The summed E-state index contributed by atoms with van der Waals surface area (Å²) in [7, 11) is 0. The number of rotatable bonds is 4. The second kappa shape index (κ2) is 5.92. The lowest BCUT2D eigenvalue weighted by atomic mass is 10.1.